The van der Waals surface area contributed by atoms with Gasteiger partial charge in [0.05, 0.1) is 11.4 Å². The van der Waals surface area contributed by atoms with Gasteiger partial charge in [-0.3, -0.25) is 4.98 Å². The Morgan fingerprint density at radius 1 is 0.690 bits per heavy atom. The standard InChI is InChI=1S/C21H35N5.2ClH.Mn/c1-3-10-20-18(8-1)22-12-13-23-19-9-2-4-11-21(19)25-15-17-7-5-6-16(26-17)14-24-20;;;/h5-7,18-25H,1-4,8-15H2;2*1H;/q;;;+2/p-2/t18-,19-,20?,21?;;;/m1.../s1. The molecule has 5 nitrogen and oxygen atoms in total. The predicted molar refractivity (Wildman–Crippen MR) is 118 cm³/mol. The number of rotatable bonds is 0. The molecule has 2 aliphatic carbocycles. The Hall–Kier alpha value is 0.0895. The third kappa shape index (κ3) is 7.93. The molecule has 4 rings (SSSR count). The van der Waals surface area contributed by atoms with Crippen LogP contribution in [0.3, 0.4) is 0 Å². The number of pyridine rings is 1. The minimum absolute atomic E-state index is 0.00694. The Labute approximate surface area is 190 Å². The maximum absolute atomic E-state index is 4.89. The van der Waals surface area contributed by atoms with Gasteiger partial charge in [0, 0.05) is 50.3 Å². The molecule has 0 aromatic carbocycles. The van der Waals surface area contributed by atoms with Crippen LogP contribution in [0.5, 0.6) is 0 Å². The van der Waals surface area contributed by atoms with Crippen molar-refractivity contribution in [1.29, 1.82) is 0 Å². The number of nitrogens with zero attached hydrogens (tertiary/aromatic N) is 1. The van der Waals surface area contributed by atoms with Gasteiger partial charge in [-0.1, -0.05) is 31.7 Å². The Kier molecular flexibility index (Phi) is 11.0. The fraction of sp³-hybridized carbons (Fsp3) is 0.762. The minimum Gasteiger partial charge on any atom is -0.311 e. The molecule has 0 amide bonds. The van der Waals surface area contributed by atoms with Gasteiger partial charge in [0.1, 0.15) is 0 Å². The van der Waals surface area contributed by atoms with Crippen molar-refractivity contribution in [2.75, 3.05) is 13.1 Å². The molecule has 2 unspecified atom stereocenters. The van der Waals surface area contributed by atoms with E-state index < -0.39 is 0 Å². The largest absolute Gasteiger partial charge is 0.311 e. The third-order valence-corrected chi connectivity index (χ3v) is 6.43. The summed E-state index contributed by atoms with van der Waals surface area (Å²) in [6.45, 7) is 3.89. The Morgan fingerprint density at radius 2 is 1.07 bits per heavy atom. The van der Waals surface area contributed by atoms with E-state index in [1.807, 2.05) is 0 Å². The van der Waals surface area contributed by atoms with E-state index in [1.54, 1.807) is 0 Å². The molecule has 4 N–H and O–H groups in total. The maximum atomic E-state index is 4.89. The summed E-state index contributed by atoms with van der Waals surface area (Å²) in [5.74, 6) is 0. The van der Waals surface area contributed by atoms with Crippen LogP contribution in [0, 0.1) is 0 Å². The molecule has 29 heavy (non-hydrogen) atoms. The normalized spacial score (nSPS) is 31.1. The second-order valence-electron chi connectivity index (χ2n) is 8.34. The topological polar surface area (TPSA) is 61.0 Å². The third-order valence-electron chi connectivity index (χ3n) is 6.43. The summed E-state index contributed by atoms with van der Waals surface area (Å²) < 4.78 is 0. The van der Waals surface area contributed by atoms with Crippen LogP contribution in [0.25, 0.3) is 0 Å². The number of fused-ring (bicyclic) bond motifs is 4. The SMILES string of the molecule is [Cl][Mn][Cl].c1cc2nc(c1)CNC1CCCC[C@H]1NCCN[C@@H]1CCCCC1NC2. The van der Waals surface area contributed by atoms with Crippen LogP contribution in [-0.2, 0) is 26.2 Å². The molecule has 3 aliphatic rings. The molecule has 8 heteroatoms. The summed E-state index contributed by atoms with van der Waals surface area (Å²) in [6, 6.07) is 8.81. The van der Waals surface area contributed by atoms with E-state index >= 15 is 0 Å². The smallest absolute Gasteiger partial charge is 0.0545 e. The van der Waals surface area contributed by atoms with Crippen LogP contribution in [0.15, 0.2) is 18.2 Å². The first-order valence-corrected chi connectivity index (χ1v) is 14.3. The van der Waals surface area contributed by atoms with E-state index in [0.717, 1.165) is 26.2 Å². The zero-order chi connectivity index (χ0) is 20.3. The van der Waals surface area contributed by atoms with E-state index in [2.05, 4.69) is 39.5 Å². The molecule has 165 valence electrons. The molecule has 2 fully saturated rings. The molecule has 0 radical (unpaired) electrons. The Balaban J connectivity index is 0.000000755. The zero-order valence-electron chi connectivity index (χ0n) is 17.1. The minimum atomic E-state index is 0.00694. The molecule has 1 aliphatic heterocycles. The van der Waals surface area contributed by atoms with Crippen LogP contribution in [0.4, 0.5) is 0 Å². The van der Waals surface area contributed by atoms with Crippen molar-refractivity contribution in [3.8, 4) is 0 Å². The molecule has 1 aromatic rings. The molecule has 0 saturated heterocycles. The molecule has 2 bridgehead atoms. The molecule has 2 saturated carbocycles. The average molecular weight is 483 g/mol. The monoisotopic (exact) mass is 482 g/mol. The molecule has 1 aromatic heterocycles. The summed E-state index contributed by atoms with van der Waals surface area (Å²) in [5, 5.41) is 15.2. The van der Waals surface area contributed by atoms with Crippen LogP contribution >= 0.6 is 20.2 Å². The van der Waals surface area contributed by atoms with Crippen molar-refractivity contribution in [2.24, 2.45) is 0 Å². The number of hydrogen-bond donors (Lipinski definition) is 4. The van der Waals surface area contributed by atoms with Crippen molar-refractivity contribution in [2.45, 2.75) is 88.6 Å². The number of nitrogens with one attached hydrogen (secondary N) is 4. The molecular weight excluding hydrogens is 448 g/mol. The van der Waals surface area contributed by atoms with Gasteiger partial charge in [-0.15, -0.1) is 0 Å². The number of aromatic nitrogens is 1. The van der Waals surface area contributed by atoms with Gasteiger partial charge in [-0.2, -0.15) is 0 Å². The van der Waals surface area contributed by atoms with Gasteiger partial charge in [0.2, 0.25) is 0 Å². The van der Waals surface area contributed by atoms with Crippen LogP contribution in [-0.4, -0.2) is 42.2 Å². The first-order valence-electron chi connectivity index (χ1n) is 11.1. The van der Waals surface area contributed by atoms with Gasteiger partial charge >= 0.3 is 33.3 Å². The fourth-order valence-electron chi connectivity index (χ4n) is 4.95. The van der Waals surface area contributed by atoms with Crippen molar-refractivity contribution in [3.05, 3.63) is 29.6 Å². The summed E-state index contributed by atoms with van der Waals surface area (Å²) in [5.41, 5.74) is 2.34. The number of halogens is 2. The van der Waals surface area contributed by atoms with Gasteiger partial charge in [-0.25, -0.2) is 0 Å². The number of hydrogen-bond acceptors (Lipinski definition) is 5. The maximum Gasteiger partial charge on any atom is 0.0545 e. The quantitative estimate of drug-likeness (QED) is 0.426. The first kappa shape index (κ1) is 23.7. The summed E-state index contributed by atoms with van der Waals surface area (Å²) >= 11 is 0.00694. The van der Waals surface area contributed by atoms with Crippen molar-refractivity contribution in [3.63, 3.8) is 0 Å². The molecule has 0 spiro atoms. The summed E-state index contributed by atoms with van der Waals surface area (Å²) in [7, 11) is 9.59. The van der Waals surface area contributed by atoms with E-state index in [-0.39, 0.29) is 13.1 Å². The first-order chi connectivity index (χ1) is 14.3. The van der Waals surface area contributed by atoms with Crippen LogP contribution in [0.1, 0.15) is 62.8 Å². The van der Waals surface area contributed by atoms with Crippen molar-refractivity contribution >= 4 is 20.2 Å². The summed E-state index contributed by atoms with van der Waals surface area (Å²) in [4.78, 5) is 4.89. The van der Waals surface area contributed by atoms with Gasteiger partial charge in [-0.05, 0) is 37.8 Å². The van der Waals surface area contributed by atoms with Crippen molar-refractivity contribution in [1.82, 2.24) is 26.3 Å². The van der Waals surface area contributed by atoms with E-state index in [4.69, 9.17) is 25.2 Å². The van der Waals surface area contributed by atoms with Gasteiger partial charge < -0.3 is 21.3 Å². The average Bonchev–Trinajstić information content (AvgIpc) is 2.76. The summed E-state index contributed by atoms with van der Waals surface area (Å²) in [6.07, 6.45) is 10.5. The second-order valence-corrected chi connectivity index (χ2v) is 10.3. The van der Waals surface area contributed by atoms with Crippen molar-refractivity contribution < 1.29 is 13.1 Å². The molecular formula is C21H35Cl2MnN5. The second kappa shape index (κ2) is 13.5. The molecule has 4 atom stereocenters. The van der Waals surface area contributed by atoms with Gasteiger partial charge in [0.25, 0.3) is 0 Å². The fourth-order valence-corrected chi connectivity index (χ4v) is 4.95. The van der Waals surface area contributed by atoms with Gasteiger partial charge in [0.15, 0.2) is 0 Å². The predicted octanol–water partition coefficient (Wildman–Crippen LogP) is 3.45. The molecule has 2 heterocycles. The van der Waals surface area contributed by atoms with E-state index in [9.17, 15) is 0 Å². The van der Waals surface area contributed by atoms with Crippen LogP contribution < -0.4 is 21.3 Å². The Morgan fingerprint density at radius 3 is 1.48 bits per heavy atom. The zero-order valence-corrected chi connectivity index (χ0v) is 19.8. The van der Waals surface area contributed by atoms with Crippen LogP contribution in [0.2, 0.25) is 0 Å². The Bertz CT molecular complexity index is 549. The van der Waals surface area contributed by atoms with E-state index in [1.165, 1.54) is 62.8 Å². The van der Waals surface area contributed by atoms with E-state index in [0.29, 0.717) is 24.2 Å².